The lowest BCUT2D eigenvalue weighted by Gasteiger charge is -2.14. The molecule has 0 fully saturated rings. The molecule has 0 aromatic carbocycles. The van der Waals surface area contributed by atoms with Crippen molar-refractivity contribution in [2.24, 2.45) is 0 Å². The number of nitrogens with zero attached hydrogens (tertiary/aromatic N) is 1. The Kier molecular flexibility index (Phi) is 6.50. The lowest BCUT2D eigenvalue weighted by atomic mass is 10.1. The SMILES string of the molecule is CCCCCSc1ncccc1C(C)NC. The second-order valence-corrected chi connectivity index (χ2v) is 5.05. The molecular formula is C13H22N2S. The van der Waals surface area contributed by atoms with Crippen molar-refractivity contribution < 1.29 is 0 Å². The Balaban J connectivity index is 2.57. The van der Waals surface area contributed by atoms with Gasteiger partial charge in [-0.1, -0.05) is 25.8 Å². The quantitative estimate of drug-likeness (QED) is 0.580. The first-order valence-electron chi connectivity index (χ1n) is 6.04. The maximum absolute atomic E-state index is 4.47. The monoisotopic (exact) mass is 238 g/mol. The van der Waals surface area contributed by atoms with Crippen LogP contribution in [-0.2, 0) is 0 Å². The van der Waals surface area contributed by atoms with Gasteiger partial charge in [-0.3, -0.25) is 0 Å². The lowest BCUT2D eigenvalue weighted by Crippen LogP contribution is -2.13. The first-order valence-corrected chi connectivity index (χ1v) is 7.03. The zero-order valence-corrected chi connectivity index (χ0v) is 11.3. The van der Waals surface area contributed by atoms with Gasteiger partial charge < -0.3 is 5.32 Å². The molecule has 0 saturated heterocycles. The fraction of sp³-hybridized carbons (Fsp3) is 0.615. The molecule has 0 amide bonds. The zero-order chi connectivity index (χ0) is 11.8. The summed E-state index contributed by atoms with van der Waals surface area (Å²) in [4.78, 5) is 4.47. The van der Waals surface area contributed by atoms with Crippen LogP contribution < -0.4 is 5.32 Å². The fourth-order valence-electron chi connectivity index (χ4n) is 1.53. The van der Waals surface area contributed by atoms with Gasteiger partial charge in [0.05, 0.1) is 0 Å². The molecule has 1 unspecified atom stereocenters. The van der Waals surface area contributed by atoms with E-state index in [-0.39, 0.29) is 0 Å². The van der Waals surface area contributed by atoms with E-state index >= 15 is 0 Å². The Hall–Kier alpha value is -0.540. The number of thioether (sulfide) groups is 1. The van der Waals surface area contributed by atoms with Gasteiger partial charge in [-0.2, -0.15) is 0 Å². The summed E-state index contributed by atoms with van der Waals surface area (Å²) in [5.41, 5.74) is 1.31. The molecule has 1 heterocycles. The van der Waals surface area contributed by atoms with Gasteiger partial charge in [0.15, 0.2) is 0 Å². The second kappa shape index (κ2) is 7.69. The molecule has 90 valence electrons. The summed E-state index contributed by atoms with van der Waals surface area (Å²) in [5, 5.41) is 4.45. The molecule has 1 aromatic rings. The zero-order valence-electron chi connectivity index (χ0n) is 10.5. The minimum absolute atomic E-state index is 0.377. The highest BCUT2D eigenvalue weighted by Crippen LogP contribution is 2.25. The van der Waals surface area contributed by atoms with Crippen LogP contribution in [0.4, 0.5) is 0 Å². The standard InChI is InChI=1S/C13H22N2S/c1-4-5-6-10-16-13-12(11(2)14-3)8-7-9-15-13/h7-9,11,14H,4-6,10H2,1-3H3. The van der Waals surface area contributed by atoms with Crippen LogP contribution in [-0.4, -0.2) is 17.8 Å². The van der Waals surface area contributed by atoms with Crippen LogP contribution in [0.25, 0.3) is 0 Å². The van der Waals surface area contributed by atoms with E-state index in [2.05, 4.69) is 30.2 Å². The summed E-state index contributed by atoms with van der Waals surface area (Å²) in [5.74, 6) is 1.17. The van der Waals surface area contributed by atoms with Crippen LogP contribution in [0.5, 0.6) is 0 Å². The molecule has 2 nitrogen and oxygen atoms in total. The Bertz CT molecular complexity index is 302. The normalized spacial score (nSPS) is 12.7. The van der Waals surface area contributed by atoms with Crippen molar-refractivity contribution in [1.29, 1.82) is 0 Å². The average Bonchev–Trinajstić information content (AvgIpc) is 2.34. The van der Waals surface area contributed by atoms with Crippen LogP contribution >= 0.6 is 11.8 Å². The van der Waals surface area contributed by atoms with Crippen molar-refractivity contribution in [3.8, 4) is 0 Å². The topological polar surface area (TPSA) is 24.9 Å². The van der Waals surface area contributed by atoms with E-state index in [1.807, 2.05) is 31.1 Å². The van der Waals surface area contributed by atoms with Crippen LogP contribution in [0.3, 0.4) is 0 Å². The highest BCUT2D eigenvalue weighted by atomic mass is 32.2. The van der Waals surface area contributed by atoms with Crippen LogP contribution in [0.2, 0.25) is 0 Å². The third-order valence-electron chi connectivity index (χ3n) is 2.69. The maximum atomic E-state index is 4.47. The molecule has 1 aromatic heterocycles. The molecule has 0 aliphatic heterocycles. The first-order chi connectivity index (χ1) is 7.79. The second-order valence-electron chi connectivity index (χ2n) is 3.96. The van der Waals surface area contributed by atoms with Crippen molar-refractivity contribution in [3.63, 3.8) is 0 Å². The molecule has 1 rings (SSSR count). The summed E-state index contributed by atoms with van der Waals surface area (Å²) < 4.78 is 0. The van der Waals surface area contributed by atoms with Crippen molar-refractivity contribution in [2.75, 3.05) is 12.8 Å². The van der Waals surface area contributed by atoms with Crippen molar-refractivity contribution in [3.05, 3.63) is 23.9 Å². The lowest BCUT2D eigenvalue weighted by molar-refractivity contribution is 0.634. The van der Waals surface area contributed by atoms with E-state index in [0.717, 1.165) is 0 Å². The number of aromatic nitrogens is 1. The third kappa shape index (κ3) is 4.14. The molecule has 0 aliphatic rings. The van der Waals surface area contributed by atoms with Crippen molar-refractivity contribution in [2.45, 2.75) is 44.2 Å². The van der Waals surface area contributed by atoms with Gasteiger partial charge >= 0.3 is 0 Å². The van der Waals surface area contributed by atoms with Gasteiger partial charge in [0.2, 0.25) is 0 Å². The third-order valence-corrected chi connectivity index (χ3v) is 3.79. The van der Waals surface area contributed by atoms with E-state index in [0.29, 0.717) is 6.04 Å². The minimum Gasteiger partial charge on any atom is -0.313 e. The van der Waals surface area contributed by atoms with Gasteiger partial charge in [-0.25, -0.2) is 4.98 Å². The van der Waals surface area contributed by atoms with Crippen molar-refractivity contribution in [1.82, 2.24) is 10.3 Å². The number of unbranched alkanes of at least 4 members (excludes halogenated alkanes) is 2. The Morgan fingerprint density at radius 3 is 2.94 bits per heavy atom. The number of pyridine rings is 1. The van der Waals surface area contributed by atoms with Gasteiger partial charge in [-0.15, -0.1) is 11.8 Å². The van der Waals surface area contributed by atoms with Crippen molar-refractivity contribution >= 4 is 11.8 Å². The van der Waals surface area contributed by atoms with Gasteiger partial charge in [0.1, 0.15) is 5.03 Å². The smallest absolute Gasteiger partial charge is 0.101 e. The summed E-state index contributed by atoms with van der Waals surface area (Å²) >= 11 is 1.88. The summed E-state index contributed by atoms with van der Waals surface area (Å²) in [6, 6.07) is 4.55. The van der Waals surface area contributed by atoms with E-state index in [1.165, 1.54) is 35.6 Å². The van der Waals surface area contributed by atoms with Crippen LogP contribution in [0.15, 0.2) is 23.4 Å². The molecule has 1 atom stereocenters. The predicted molar refractivity (Wildman–Crippen MR) is 72.0 cm³/mol. The average molecular weight is 238 g/mol. The molecule has 0 spiro atoms. The molecule has 0 aliphatic carbocycles. The highest BCUT2D eigenvalue weighted by Gasteiger charge is 2.09. The fourth-order valence-corrected chi connectivity index (χ4v) is 2.62. The van der Waals surface area contributed by atoms with Crippen LogP contribution in [0.1, 0.15) is 44.7 Å². The summed E-state index contributed by atoms with van der Waals surface area (Å²) in [6.45, 7) is 4.41. The molecule has 0 radical (unpaired) electrons. The Morgan fingerprint density at radius 2 is 2.25 bits per heavy atom. The Labute approximate surface area is 103 Å². The molecule has 16 heavy (non-hydrogen) atoms. The molecular weight excluding hydrogens is 216 g/mol. The minimum atomic E-state index is 0.377. The molecule has 0 saturated carbocycles. The largest absolute Gasteiger partial charge is 0.313 e. The van der Waals surface area contributed by atoms with E-state index < -0.39 is 0 Å². The van der Waals surface area contributed by atoms with Gasteiger partial charge in [-0.05, 0) is 32.2 Å². The van der Waals surface area contributed by atoms with E-state index in [1.54, 1.807) is 0 Å². The molecule has 3 heteroatoms. The maximum Gasteiger partial charge on any atom is 0.101 e. The predicted octanol–water partition coefficient (Wildman–Crippen LogP) is 3.64. The molecule has 0 bridgehead atoms. The van der Waals surface area contributed by atoms with Gasteiger partial charge in [0, 0.05) is 17.8 Å². The van der Waals surface area contributed by atoms with E-state index in [9.17, 15) is 0 Å². The Morgan fingerprint density at radius 1 is 1.44 bits per heavy atom. The molecule has 1 N–H and O–H groups in total. The number of hydrogen-bond donors (Lipinski definition) is 1. The summed E-state index contributed by atoms with van der Waals surface area (Å²) in [6.07, 6.45) is 5.76. The van der Waals surface area contributed by atoms with E-state index in [4.69, 9.17) is 0 Å². The number of nitrogens with one attached hydrogen (secondary N) is 1. The first kappa shape index (κ1) is 13.5. The highest BCUT2D eigenvalue weighted by molar-refractivity contribution is 7.99. The summed E-state index contributed by atoms with van der Waals surface area (Å²) in [7, 11) is 1.99. The number of rotatable bonds is 7. The number of hydrogen-bond acceptors (Lipinski definition) is 3. The van der Waals surface area contributed by atoms with Gasteiger partial charge in [0.25, 0.3) is 0 Å². The van der Waals surface area contributed by atoms with Crippen LogP contribution in [0, 0.1) is 0 Å².